The van der Waals surface area contributed by atoms with Crippen molar-refractivity contribution in [1.82, 2.24) is 9.88 Å². The monoisotopic (exact) mass is 540 g/mol. The number of rotatable bonds is 6. The summed E-state index contributed by atoms with van der Waals surface area (Å²) in [6, 6.07) is 14.2. The average molecular weight is 541 g/mol. The van der Waals surface area contributed by atoms with Crippen LogP contribution in [0.4, 0.5) is 11.4 Å². The number of aliphatic hydroxyl groups excluding tert-OH is 1. The van der Waals surface area contributed by atoms with Crippen LogP contribution in [0.2, 0.25) is 0 Å². The van der Waals surface area contributed by atoms with Gasteiger partial charge in [-0.25, -0.2) is 0 Å². The molecule has 208 valence electrons. The van der Waals surface area contributed by atoms with Crippen molar-refractivity contribution < 1.29 is 19.4 Å². The minimum Gasteiger partial charge on any atom is -0.507 e. The molecule has 0 radical (unpaired) electrons. The lowest BCUT2D eigenvalue weighted by atomic mass is 9.91. The number of pyridine rings is 1. The van der Waals surface area contributed by atoms with Crippen LogP contribution in [0.1, 0.15) is 48.1 Å². The number of Topliss-reactive ketones (excluding diaryl/α,β-unsaturated/α-hetero) is 1. The summed E-state index contributed by atoms with van der Waals surface area (Å²) in [5.74, 6) is -0.772. The molecule has 0 aliphatic carbocycles. The van der Waals surface area contributed by atoms with Crippen LogP contribution < -0.4 is 14.5 Å². The molecule has 1 amide bonds. The van der Waals surface area contributed by atoms with Gasteiger partial charge in [0.25, 0.3) is 11.7 Å². The van der Waals surface area contributed by atoms with Crippen molar-refractivity contribution in [3.63, 3.8) is 0 Å². The van der Waals surface area contributed by atoms with Crippen molar-refractivity contribution in [2.24, 2.45) is 0 Å². The molecule has 1 unspecified atom stereocenters. The fourth-order valence-electron chi connectivity index (χ4n) is 5.57. The van der Waals surface area contributed by atoms with Crippen molar-refractivity contribution in [2.45, 2.75) is 32.7 Å². The van der Waals surface area contributed by atoms with E-state index in [0.717, 1.165) is 43.0 Å². The van der Waals surface area contributed by atoms with Gasteiger partial charge in [-0.05, 0) is 79.0 Å². The molecule has 8 nitrogen and oxygen atoms in total. The van der Waals surface area contributed by atoms with E-state index in [2.05, 4.69) is 21.8 Å². The summed E-state index contributed by atoms with van der Waals surface area (Å²) in [4.78, 5) is 37.6. The van der Waals surface area contributed by atoms with Gasteiger partial charge in [0.05, 0.1) is 18.7 Å². The first kappa shape index (κ1) is 27.4. The molecule has 8 heteroatoms. The predicted molar refractivity (Wildman–Crippen MR) is 157 cm³/mol. The number of carbonyl (C=O) groups is 2. The van der Waals surface area contributed by atoms with E-state index in [4.69, 9.17) is 4.74 Å². The molecule has 2 fully saturated rings. The maximum absolute atomic E-state index is 13.6. The first-order valence-electron chi connectivity index (χ1n) is 13.6. The normalized spacial score (nSPS) is 19.5. The Hall–Kier alpha value is -4.17. The summed E-state index contributed by atoms with van der Waals surface area (Å²) in [5, 5.41) is 11.7. The number of aliphatic hydroxyl groups is 1. The third kappa shape index (κ3) is 4.95. The summed E-state index contributed by atoms with van der Waals surface area (Å²) in [6.45, 7) is 9.76. The average Bonchev–Trinajstić information content (AvgIpc) is 3.23. The maximum atomic E-state index is 13.6. The molecule has 3 aromatic rings. The second kappa shape index (κ2) is 11.1. The van der Waals surface area contributed by atoms with Gasteiger partial charge in [-0.2, -0.15) is 0 Å². The SMILES string of the molecule is COc1cc(C)c(/C(O)=C2\C(=O)C(=O)N(c3ccc(N4CCN(C)CC4)cc3)C2c2cccnc2)cc1C(C)C. The number of aromatic nitrogens is 1. The first-order valence-corrected chi connectivity index (χ1v) is 13.6. The summed E-state index contributed by atoms with van der Waals surface area (Å²) in [7, 11) is 3.73. The molecule has 1 atom stereocenters. The Morgan fingerprint density at radius 2 is 1.70 bits per heavy atom. The Morgan fingerprint density at radius 1 is 1.02 bits per heavy atom. The zero-order valence-electron chi connectivity index (χ0n) is 23.7. The fraction of sp³-hybridized carbons (Fsp3) is 0.344. The molecule has 0 bridgehead atoms. The number of amides is 1. The van der Waals surface area contributed by atoms with E-state index in [1.807, 2.05) is 63.2 Å². The Bertz CT molecular complexity index is 1440. The lowest BCUT2D eigenvalue weighted by molar-refractivity contribution is -0.132. The van der Waals surface area contributed by atoms with Gasteiger partial charge in [-0.1, -0.05) is 19.9 Å². The second-order valence-electron chi connectivity index (χ2n) is 10.8. The molecule has 2 aliphatic rings. The third-order valence-corrected chi connectivity index (χ3v) is 7.89. The van der Waals surface area contributed by atoms with Crippen LogP contribution in [0.15, 0.2) is 66.5 Å². The van der Waals surface area contributed by atoms with Gasteiger partial charge in [0.15, 0.2) is 0 Å². The minimum atomic E-state index is -0.827. The molecule has 3 heterocycles. The number of ketones is 1. The van der Waals surface area contributed by atoms with Gasteiger partial charge in [0, 0.05) is 55.5 Å². The number of piperazine rings is 1. The molecule has 1 N–H and O–H groups in total. The number of aryl methyl sites for hydroxylation is 1. The van der Waals surface area contributed by atoms with Crippen LogP contribution in [0.25, 0.3) is 5.76 Å². The van der Waals surface area contributed by atoms with Crippen LogP contribution in [-0.4, -0.2) is 67.0 Å². The number of carbonyl (C=O) groups excluding carboxylic acids is 2. The van der Waals surface area contributed by atoms with Gasteiger partial charge in [-0.3, -0.25) is 19.5 Å². The molecule has 0 saturated carbocycles. The Labute approximate surface area is 235 Å². The summed E-state index contributed by atoms with van der Waals surface area (Å²) < 4.78 is 5.57. The first-order chi connectivity index (χ1) is 19.2. The standard InChI is InChI=1S/C32H36N4O4/c1-20(2)25-18-26(21(3)17-27(25)40-5)30(37)28-29(22-7-6-12-33-19-22)36(32(39)31(28)38)24-10-8-23(9-11-24)35-15-13-34(4)14-16-35/h6-12,17-20,29,37H,13-16H2,1-5H3/b30-28+. The van der Waals surface area contributed by atoms with Gasteiger partial charge < -0.3 is 19.6 Å². The number of nitrogens with zero attached hydrogens (tertiary/aromatic N) is 4. The van der Waals surface area contributed by atoms with E-state index in [1.54, 1.807) is 25.6 Å². The topological polar surface area (TPSA) is 86.2 Å². The molecular weight excluding hydrogens is 504 g/mol. The maximum Gasteiger partial charge on any atom is 0.300 e. The molecule has 5 rings (SSSR count). The summed E-state index contributed by atoms with van der Waals surface area (Å²) in [5.41, 5.74) is 4.49. The molecule has 40 heavy (non-hydrogen) atoms. The van der Waals surface area contributed by atoms with E-state index in [1.165, 1.54) is 4.90 Å². The van der Waals surface area contributed by atoms with Crippen molar-refractivity contribution in [3.05, 3.63) is 88.8 Å². The van der Waals surface area contributed by atoms with Crippen LogP contribution >= 0.6 is 0 Å². The lowest BCUT2D eigenvalue weighted by Gasteiger charge is -2.34. The zero-order chi connectivity index (χ0) is 28.6. The summed E-state index contributed by atoms with van der Waals surface area (Å²) in [6.07, 6.45) is 3.28. The number of ether oxygens (including phenoxy) is 1. The van der Waals surface area contributed by atoms with E-state index in [0.29, 0.717) is 22.6 Å². The fourth-order valence-corrected chi connectivity index (χ4v) is 5.57. The largest absolute Gasteiger partial charge is 0.507 e. The highest BCUT2D eigenvalue weighted by molar-refractivity contribution is 6.51. The van der Waals surface area contributed by atoms with Gasteiger partial charge in [0.2, 0.25) is 0 Å². The molecule has 2 aliphatic heterocycles. The van der Waals surface area contributed by atoms with Crippen LogP contribution in [0.5, 0.6) is 5.75 Å². The van der Waals surface area contributed by atoms with E-state index in [9.17, 15) is 14.7 Å². The lowest BCUT2D eigenvalue weighted by Crippen LogP contribution is -2.44. The van der Waals surface area contributed by atoms with E-state index < -0.39 is 17.7 Å². The Morgan fingerprint density at radius 3 is 2.30 bits per heavy atom. The Kier molecular flexibility index (Phi) is 7.63. The number of likely N-dealkylation sites (N-methyl/N-ethyl adjacent to an activating group) is 1. The smallest absolute Gasteiger partial charge is 0.300 e. The molecular formula is C32H36N4O4. The van der Waals surface area contributed by atoms with Crippen molar-refractivity contribution >= 4 is 28.8 Å². The summed E-state index contributed by atoms with van der Waals surface area (Å²) >= 11 is 0. The van der Waals surface area contributed by atoms with Gasteiger partial charge in [0.1, 0.15) is 11.5 Å². The molecule has 2 saturated heterocycles. The van der Waals surface area contributed by atoms with Gasteiger partial charge >= 0.3 is 0 Å². The van der Waals surface area contributed by atoms with Crippen LogP contribution in [0.3, 0.4) is 0 Å². The van der Waals surface area contributed by atoms with Crippen molar-refractivity contribution in [2.75, 3.05) is 50.1 Å². The minimum absolute atomic E-state index is 0.0455. The number of methoxy groups -OCH3 is 1. The molecule has 1 aromatic heterocycles. The Balaban J connectivity index is 1.61. The second-order valence-corrected chi connectivity index (χ2v) is 10.8. The van der Waals surface area contributed by atoms with E-state index >= 15 is 0 Å². The third-order valence-electron chi connectivity index (χ3n) is 7.89. The predicted octanol–water partition coefficient (Wildman–Crippen LogP) is 4.90. The quantitative estimate of drug-likeness (QED) is 0.270. The number of benzene rings is 2. The number of hydrogen-bond acceptors (Lipinski definition) is 7. The highest BCUT2D eigenvalue weighted by Crippen LogP contribution is 2.43. The van der Waals surface area contributed by atoms with Gasteiger partial charge in [-0.15, -0.1) is 0 Å². The number of hydrogen-bond donors (Lipinski definition) is 1. The van der Waals surface area contributed by atoms with Crippen molar-refractivity contribution in [1.29, 1.82) is 0 Å². The highest BCUT2D eigenvalue weighted by atomic mass is 16.5. The molecule has 0 spiro atoms. The highest BCUT2D eigenvalue weighted by Gasteiger charge is 2.47. The van der Waals surface area contributed by atoms with Crippen LogP contribution in [0, 0.1) is 6.92 Å². The van der Waals surface area contributed by atoms with Crippen LogP contribution in [-0.2, 0) is 9.59 Å². The van der Waals surface area contributed by atoms with E-state index in [-0.39, 0.29) is 17.3 Å². The zero-order valence-corrected chi connectivity index (χ0v) is 23.7. The van der Waals surface area contributed by atoms with Crippen molar-refractivity contribution in [3.8, 4) is 5.75 Å². The molecule has 2 aromatic carbocycles. The number of anilines is 2.